The fourth-order valence-corrected chi connectivity index (χ4v) is 5.00. The first-order valence-electron chi connectivity index (χ1n) is 7.47. The van der Waals surface area contributed by atoms with Crippen molar-refractivity contribution in [2.45, 2.75) is 68.8 Å². The maximum Gasteiger partial charge on any atom is 0.307 e. The van der Waals surface area contributed by atoms with Crippen molar-refractivity contribution >= 4 is 15.8 Å². The van der Waals surface area contributed by atoms with Gasteiger partial charge in [0.05, 0.1) is 23.5 Å². The van der Waals surface area contributed by atoms with E-state index in [-0.39, 0.29) is 29.6 Å². The second-order valence-corrected chi connectivity index (χ2v) is 8.16. The summed E-state index contributed by atoms with van der Waals surface area (Å²) < 4.78 is 34.7. The molecule has 0 aromatic carbocycles. The second-order valence-electron chi connectivity index (χ2n) is 5.76. The van der Waals surface area contributed by atoms with Gasteiger partial charge in [0.2, 0.25) is 0 Å². The van der Waals surface area contributed by atoms with Crippen LogP contribution < -0.4 is 0 Å². The van der Waals surface area contributed by atoms with Crippen LogP contribution in [0, 0.1) is 0 Å². The van der Waals surface area contributed by atoms with Gasteiger partial charge in [-0.25, -0.2) is 8.42 Å². The average molecular weight is 304 g/mol. The Bertz CT molecular complexity index is 425. The lowest BCUT2D eigenvalue weighted by atomic mass is 10.2. The van der Waals surface area contributed by atoms with E-state index in [0.717, 1.165) is 44.9 Å². The highest BCUT2D eigenvalue weighted by Gasteiger charge is 2.32. The summed E-state index contributed by atoms with van der Waals surface area (Å²) in [5.41, 5.74) is 0. The maximum absolute atomic E-state index is 12.1. The van der Waals surface area contributed by atoms with Gasteiger partial charge in [-0.15, -0.1) is 0 Å². The molecule has 0 heterocycles. The maximum atomic E-state index is 12.1. The van der Waals surface area contributed by atoms with Crippen molar-refractivity contribution in [1.29, 1.82) is 0 Å². The molecule has 0 aromatic rings. The molecule has 0 spiro atoms. The Labute approximate surface area is 120 Å². The predicted octanol–water partition coefficient (Wildman–Crippen LogP) is 1.84. The highest BCUT2D eigenvalue weighted by Crippen LogP contribution is 2.27. The summed E-state index contributed by atoms with van der Waals surface area (Å²) in [6.45, 7) is 0. The topological polar surface area (TPSA) is 69.7 Å². The van der Waals surface area contributed by atoms with E-state index in [4.69, 9.17) is 9.47 Å². The predicted molar refractivity (Wildman–Crippen MR) is 75.2 cm³/mol. The third kappa shape index (κ3) is 3.95. The zero-order chi connectivity index (χ0) is 14.6. The van der Waals surface area contributed by atoms with E-state index in [9.17, 15) is 13.2 Å². The number of hydrogen-bond acceptors (Lipinski definition) is 5. The van der Waals surface area contributed by atoms with E-state index >= 15 is 0 Å². The number of rotatable bonds is 6. The van der Waals surface area contributed by atoms with Gasteiger partial charge >= 0.3 is 5.97 Å². The highest BCUT2D eigenvalue weighted by atomic mass is 32.2. The van der Waals surface area contributed by atoms with Gasteiger partial charge in [0.25, 0.3) is 0 Å². The lowest BCUT2D eigenvalue weighted by Gasteiger charge is -2.19. The Kier molecular flexibility index (Phi) is 5.43. The van der Waals surface area contributed by atoms with Crippen LogP contribution in [0.25, 0.3) is 0 Å². The van der Waals surface area contributed by atoms with Crippen molar-refractivity contribution in [2.75, 3.05) is 12.9 Å². The molecule has 2 saturated carbocycles. The van der Waals surface area contributed by atoms with Crippen LogP contribution in [-0.2, 0) is 24.1 Å². The SMILES string of the molecule is COC1CCCC1OC(=O)CCS(=O)(=O)C1CCCC1. The summed E-state index contributed by atoms with van der Waals surface area (Å²) in [7, 11) is -1.53. The third-order valence-corrected chi connectivity index (χ3v) is 6.64. The second kappa shape index (κ2) is 6.89. The average Bonchev–Trinajstić information content (AvgIpc) is 3.07. The van der Waals surface area contributed by atoms with Crippen LogP contribution in [0.4, 0.5) is 0 Å². The Balaban J connectivity index is 1.77. The Morgan fingerprint density at radius 2 is 1.70 bits per heavy atom. The monoisotopic (exact) mass is 304 g/mol. The lowest BCUT2D eigenvalue weighted by molar-refractivity contribution is -0.153. The summed E-state index contributed by atoms with van der Waals surface area (Å²) in [5.74, 6) is -0.499. The number of esters is 1. The van der Waals surface area contributed by atoms with Gasteiger partial charge in [0.1, 0.15) is 6.10 Å². The van der Waals surface area contributed by atoms with Gasteiger partial charge in [0.15, 0.2) is 9.84 Å². The lowest BCUT2D eigenvalue weighted by Crippen LogP contribution is -2.29. The Morgan fingerprint density at radius 3 is 2.35 bits per heavy atom. The number of methoxy groups -OCH3 is 1. The van der Waals surface area contributed by atoms with Gasteiger partial charge in [-0.05, 0) is 32.1 Å². The van der Waals surface area contributed by atoms with Gasteiger partial charge in [0, 0.05) is 7.11 Å². The smallest absolute Gasteiger partial charge is 0.307 e. The molecule has 0 radical (unpaired) electrons. The van der Waals surface area contributed by atoms with Gasteiger partial charge in [-0.2, -0.15) is 0 Å². The summed E-state index contributed by atoms with van der Waals surface area (Å²) in [5, 5.41) is -0.242. The molecule has 0 aliphatic heterocycles. The van der Waals surface area contributed by atoms with E-state index in [1.165, 1.54) is 0 Å². The van der Waals surface area contributed by atoms with Gasteiger partial charge in [-0.1, -0.05) is 12.8 Å². The van der Waals surface area contributed by atoms with E-state index in [0.29, 0.717) is 0 Å². The molecular formula is C14H24O5S. The fraction of sp³-hybridized carbons (Fsp3) is 0.929. The van der Waals surface area contributed by atoms with Crippen LogP contribution in [0.3, 0.4) is 0 Å². The molecule has 116 valence electrons. The first-order chi connectivity index (χ1) is 9.53. The molecule has 2 unspecified atom stereocenters. The molecule has 2 aliphatic rings. The minimum atomic E-state index is -3.14. The van der Waals surface area contributed by atoms with Crippen LogP contribution >= 0.6 is 0 Å². The Hall–Kier alpha value is -0.620. The quantitative estimate of drug-likeness (QED) is 0.700. The minimum absolute atomic E-state index is 0.0359. The van der Waals surface area contributed by atoms with Crippen molar-refractivity contribution in [2.24, 2.45) is 0 Å². The van der Waals surface area contributed by atoms with Crippen LogP contribution in [-0.4, -0.2) is 44.7 Å². The highest BCUT2D eigenvalue weighted by molar-refractivity contribution is 7.92. The van der Waals surface area contributed by atoms with Crippen molar-refractivity contribution < 1.29 is 22.7 Å². The molecule has 2 aliphatic carbocycles. The molecule has 2 fully saturated rings. The number of hydrogen-bond donors (Lipinski definition) is 0. The van der Waals surface area contributed by atoms with Crippen LogP contribution in [0.2, 0.25) is 0 Å². The Morgan fingerprint density at radius 1 is 1.05 bits per heavy atom. The van der Waals surface area contributed by atoms with E-state index in [2.05, 4.69) is 0 Å². The molecule has 0 N–H and O–H groups in total. The van der Waals surface area contributed by atoms with Crippen molar-refractivity contribution in [1.82, 2.24) is 0 Å². The summed E-state index contributed by atoms with van der Waals surface area (Å²) in [6, 6.07) is 0. The van der Waals surface area contributed by atoms with E-state index < -0.39 is 15.8 Å². The normalized spacial score (nSPS) is 27.9. The first kappa shape index (κ1) is 15.8. The number of carbonyl (C=O) groups excluding carboxylic acids is 1. The van der Waals surface area contributed by atoms with Crippen LogP contribution in [0.1, 0.15) is 51.4 Å². The number of sulfone groups is 1. The summed E-state index contributed by atoms with van der Waals surface area (Å²) in [6.07, 6.45) is 5.85. The summed E-state index contributed by atoms with van der Waals surface area (Å²) in [4.78, 5) is 11.8. The van der Waals surface area contributed by atoms with Crippen LogP contribution in [0.15, 0.2) is 0 Å². The summed E-state index contributed by atoms with van der Waals surface area (Å²) >= 11 is 0. The van der Waals surface area contributed by atoms with Crippen molar-refractivity contribution in [3.05, 3.63) is 0 Å². The molecule has 2 rings (SSSR count). The molecule has 2 atom stereocenters. The molecule has 0 bridgehead atoms. The molecule has 6 heteroatoms. The fourth-order valence-electron chi connectivity index (χ4n) is 3.16. The van der Waals surface area contributed by atoms with Crippen LogP contribution in [0.5, 0.6) is 0 Å². The third-order valence-electron chi connectivity index (χ3n) is 4.38. The minimum Gasteiger partial charge on any atom is -0.460 e. The van der Waals surface area contributed by atoms with E-state index in [1.807, 2.05) is 0 Å². The molecule has 5 nitrogen and oxygen atoms in total. The molecule has 20 heavy (non-hydrogen) atoms. The zero-order valence-electron chi connectivity index (χ0n) is 12.0. The molecule has 0 saturated heterocycles. The molecule has 0 aromatic heterocycles. The van der Waals surface area contributed by atoms with Crippen molar-refractivity contribution in [3.8, 4) is 0 Å². The zero-order valence-corrected chi connectivity index (χ0v) is 12.9. The largest absolute Gasteiger partial charge is 0.460 e. The first-order valence-corrected chi connectivity index (χ1v) is 9.18. The molecular weight excluding hydrogens is 280 g/mol. The number of carbonyl (C=O) groups is 1. The van der Waals surface area contributed by atoms with E-state index in [1.54, 1.807) is 7.11 Å². The molecule has 0 amide bonds. The standard InChI is InChI=1S/C14H24O5S/c1-18-12-7-4-8-13(12)19-14(15)9-10-20(16,17)11-5-2-3-6-11/h11-13H,2-10H2,1H3. The van der Waals surface area contributed by atoms with Gasteiger partial charge < -0.3 is 9.47 Å². The number of ether oxygens (including phenoxy) is 2. The van der Waals surface area contributed by atoms with Crippen molar-refractivity contribution in [3.63, 3.8) is 0 Å². The van der Waals surface area contributed by atoms with Gasteiger partial charge in [-0.3, -0.25) is 4.79 Å².